The molecule has 0 aliphatic carbocycles. The monoisotopic (exact) mass is 440 g/mol. The number of ether oxygens (including phenoxy) is 2. The summed E-state index contributed by atoms with van der Waals surface area (Å²) in [6.45, 7) is 6.72. The number of nitrogens with one attached hydrogen (secondary N) is 2. The number of amides is 1. The topological polar surface area (TPSA) is 75.2 Å². The average molecular weight is 441 g/mol. The molecule has 2 rings (SSSR count). The third kappa shape index (κ3) is 5.76. The first-order valence-electron chi connectivity index (χ1n) is 9.25. The van der Waals surface area contributed by atoms with Crippen LogP contribution >= 0.6 is 15.9 Å². The van der Waals surface area contributed by atoms with Crippen molar-refractivity contribution in [1.29, 1.82) is 0 Å². The van der Waals surface area contributed by atoms with Crippen molar-refractivity contribution in [3.63, 3.8) is 0 Å². The van der Waals surface area contributed by atoms with E-state index in [1.807, 2.05) is 30.9 Å². The lowest BCUT2D eigenvalue weighted by Crippen LogP contribution is -2.45. The minimum Gasteiger partial charge on any atom is -0.493 e. The molecule has 0 saturated carbocycles. The maximum atomic E-state index is 11.9. The van der Waals surface area contributed by atoms with Crippen LogP contribution in [0.3, 0.4) is 0 Å². The third-order valence-corrected chi connectivity index (χ3v) is 5.03. The first-order valence-corrected chi connectivity index (χ1v) is 10.0. The van der Waals surface area contributed by atoms with Crippen molar-refractivity contribution in [2.45, 2.75) is 39.3 Å². The minimum atomic E-state index is 0.205. The molecule has 8 heteroatoms. The van der Waals surface area contributed by atoms with Crippen molar-refractivity contribution >= 4 is 27.8 Å². The minimum absolute atomic E-state index is 0.205. The van der Waals surface area contributed by atoms with Crippen LogP contribution in [0.4, 0.5) is 0 Å². The Morgan fingerprint density at radius 2 is 2.11 bits per heavy atom. The van der Waals surface area contributed by atoms with Crippen LogP contribution in [-0.4, -0.2) is 56.7 Å². The molecule has 1 unspecified atom stereocenters. The van der Waals surface area contributed by atoms with E-state index in [0.717, 1.165) is 42.1 Å². The van der Waals surface area contributed by atoms with Gasteiger partial charge in [0.15, 0.2) is 17.5 Å². The van der Waals surface area contributed by atoms with E-state index in [0.29, 0.717) is 24.5 Å². The molecule has 1 aliphatic heterocycles. The van der Waals surface area contributed by atoms with Crippen LogP contribution in [-0.2, 0) is 11.3 Å². The molecule has 150 valence electrons. The molecule has 1 amide bonds. The van der Waals surface area contributed by atoms with Crippen molar-refractivity contribution in [1.82, 2.24) is 15.5 Å². The number of benzene rings is 1. The number of methoxy groups -OCH3 is 2. The van der Waals surface area contributed by atoms with Gasteiger partial charge in [-0.15, -0.1) is 0 Å². The molecule has 1 saturated heterocycles. The molecular formula is C19H29BrN4O3. The van der Waals surface area contributed by atoms with Gasteiger partial charge in [-0.1, -0.05) is 6.92 Å². The molecule has 0 spiro atoms. The molecule has 0 aromatic heterocycles. The van der Waals surface area contributed by atoms with Gasteiger partial charge in [0.2, 0.25) is 5.91 Å². The number of halogens is 1. The van der Waals surface area contributed by atoms with E-state index in [1.165, 1.54) is 0 Å². The molecule has 1 fully saturated rings. The SMILES string of the molecule is CCNC(=NCc1cc(Br)c(OC)c(OC)c1)NC1CCN(C(=O)CC)C1. The molecule has 1 aromatic rings. The summed E-state index contributed by atoms with van der Waals surface area (Å²) in [5.74, 6) is 2.29. The highest BCUT2D eigenvalue weighted by Crippen LogP contribution is 2.36. The Hall–Kier alpha value is -1.96. The summed E-state index contributed by atoms with van der Waals surface area (Å²) in [7, 11) is 3.23. The van der Waals surface area contributed by atoms with Gasteiger partial charge >= 0.3 is 0 Å². The Morgan fingerprint density at radius 1 is 1.33 bits per heavy atom. The zero-order valence-corrected chi connectivity index (χ0v) is 18.1. The molecule has 2 N–H and O–H groups in total. The Bertz CT molecular complexity index is 681. The largest absolute Gasteiger partial charge is 0.493 e. The summed E-state index contributed by atoms with van der Waals surface area (Å²) >= 11 is 3.51. The fourth-order valence-electron chi connectivity index (χ4n) is 3.07. The van der Waals surface area contributed by atoms with E-state index in [4.69, 9.17) is 9.47 Å². The fourth-order valence-corrected chi connectivity index (χ4v) is 3.73. The number of guanidine groups is 1. The van der Waals surface area contributed by atoms with E-state index in [2.05, 4.69) is 31.6 Å². The first-order chi connectivity index (χ1) is 13.0. The second-order valence-electron chi connectivity index (χ2n) is 6.33. The molecule has 1 atom stereocenters. The zero-order chi connectivity index (χ0) is 19.8. The number of hydrogen-bond donors (Lipinski definition) is 2. The summed E-state index contributed by atoms with van der Waals surface area (Å²) in [6, 6.07) is 4.12. The molecule has 1 heterocycles. The van der Waals surface area contributed by atoms with Crippen molar-refractivity contribution in [3.05, 3.63) is 22.2 Å². The predicted octanol–water partition coefficient (Wildman–Crippen LogP) is 2.53. The van der Waals surface area contributed by atoms with Crippen molar-refractivity contribution in [2.24, 2.45) is 4.99 Å². The van der Waals surface area contributed by atoms with Gasteiger partial charge in [0.1, 0.15) is 0 Å². The van der Waals surface area contributed by atoms with Gasteiger partial charge in [-0.3, -0.25) is 4.79 Å². The summed E-state index contributed by atoms with van der Waals surface area (Å²) < 4.78 is 11.6. The number of aliphatic imine (C=N–C) groups is 1. The first kappa shape index (κ1) is 21.3. The standard InChI is InChI=1S/C19H29BrN4O3/c1-5-17(25)24-8-7-14(12-24)23-19(21-6-2)22-11-13-9-15(20)18(27-4)16(10-13)26-3/h9-10,14H,5-8,11-12H2,1-4H3,(H2,21,22,23). The van der Waals surface area contributed by atoms with E-state index in [9.17, 15) is 4.79 Å². The van der Waals surface area contributed by atoms with Gasteiger partial charge in [-0.25, -0.2) is 4.99 Å². The van der Waals surface area contributed by atoms with Crippen molar-refractivity contribution in [3.8, 4) is 11.5 Å². The number of nitrogens with zero attached hydrogens (tertiary/aromatic N) is 2. The average Bonchev–Trinajstić information content (AvgIpc) is 3.13. The molecule has 0 radical (unpaired) electrons. The molecule has 7 nitrogen and oxygen atoms in total. The highest BCUT2D eigenvalue weighted by molar-refractivity contribution is 9.10. The summed E-state index contributed by atoms with van der Waals surface area (Å²) in [5, 5.41) is 6.71. The fraction of sp³-hybridized carbons (Fsp3) is 0.579. The summed E-state index contributed by atoms with van der Waals surface area (Å²) in [6.07, 6.45) is 1.48. The summed E-state index contributed by atoms with van der Waals surface area (Å²) in [5.41, 5.74) is 1.01. The Balaban J connectivity index is 2.05. The lowest BCUT2D eigenvalue weighted by atomic mass is 10.2. The van der Waals surface area contributed by atoms with E-state index in [1.54, 1.807) is 14.2 Å². The zero-order valence-electron chi connectivity index (χ0n) is 16.5. The van der Waals surface area contributed by atoms with Crippen LogP contribution in [0.25, 0.3) is 0 Å². The second kappa shape index (κ2) is 10.4. The van der Waals surface area contributed by atoms with E-state index in [-0.39, 0.29) is 11.9 Å². The smallest absolute Gasteiger partial charge is 0.222 e. The van der Waals surface area contributed by atoms with Gasteiger partial charge < -0.3 is 25.0 Å². The highest BCUT2D eigenvalue weighted by Gasteiger charge is 2.25. The molecule has 1 aliphatic rings. The van der Waals surface area contributed by atoms with Crippen molar-refractivity contribution < 1.29 is 14.3 Å². The third-order valence-electron chi connectivity index (χ3n) is 4.44. The van der Waals surface area contributed by atoms with Gasteiger partial charge in [0.05, 0.1) is 25.2 Å². The van der Waals surface area contributed by atoms with Gasteiger partial charge in [0, 0.05) is 32.1 Å². The van der Waals surface area contributed by atoms with Gasteiger partial charge in [0.25, 0.3) is 0 Å². The summed E-state index contributed by atoms with van der Waals surface area (Å²) in [4.78, 5) is 18.4. The maximum Gasteiger partial charge on any atom is 0.222 e. The highest BCUT2D eigenvalue weighted by atomic mass is 79.9. The predicted molar refractivity (Wildman–Crippen MR) is 110 cm³/mol. The van der Waals surface area contributed by atoms with Gasteiger partial charge in [-0.05, 0) is 47.0 Å². The normalized spacial score (nSPS) is 17.0. The lowest BCUT2D eigenvalue weighted by molar-refractivity contribution is -0.129. The number of rotatable bonds is 7. The molecular weight excluding hydrogens is 412 g/mol. The van der Waals surface area contributed by atoms with E-state index < -0.39 is 0 Å². The quantitative estimate of drug-likeness (QED) is 0.503. The van der Waals surface area contributed by atoms with Gasteiger partial charge in [-0.2, -0.15) is 0 Å². The number of likely N-dealkylation sites (tertiary alicyclic amines) is 1. The van der Waals surface area contributed by atoms with Crippen LogP contribution in [0.5, 0.6) is 11.5 Å². The Kier molecular flexibility index (Phi) is 8.22. The lowest BCUT2D eigenvalue weighted by Gasteiger charge is -2.19. The molecule has 27 heavy (non-hydrogen) atoms. The second-order valence-corrected chi connectivity index (χ2v) is 7.19. The maximum absolute atomic E-state index is 11.9. The van der Waals surface area contributed by atoms with Crippen LogP contribution in [0.15, 0.2) is 21.6 Å². The van der Waals surface area contributed by atoms with Crippen molar-refractivity contribution in [2.75, 3.05) is 33.9 Å². The van der Waals surface area contributed by atoms with Crippen LogP contribution in [0.2, 0.25) is 0 Å². The molecule has 0 bridgehead atoms. The van der Waals surface area contributed by atoms with E-state index >= 15 is 0 Å². The van der Waals surface area contributed by atoms with Crippen LogP contribution in [0.1, 0.15) is 32.3 Å². The van der Waals surface area contributed by atoms with Crippen LogP contribution < -0.4 is 20.1 Å². The van der Waals surface area contributed by atoms with Crippen LogP contribution in [0, 0.1) is 0 Å². The number of carbonyl (C=O) groups is 1. The number of carbonyl (C=O) groups excluding carboxylic acids is 1. The Morgan fingerprint density at radius 3 is 2.74 bits per heavy atom. The number of hydrogen-bond acceptors (Lipinski definition) is 4. The molecule has 1 aromatic carbocycles. The Labute approximate surface area is 169 Å².